The topological polar surface area (TPSA) is 114 Å². The second-order valence-electron chi connectivity index (χ2n) is 6.40. The third-order valence-electron chi connectivity index (χ3n) is 4.29. The van der Waals surface area contributed by atoms with Crippen molar-refractivity contribution in [1.82, 2.24) is 5.16 Å². The van der Waals surface area contributed by atoms with Gasteiger partial charge in [0.1, 0.15) is 23.7 Å². The van der Waals surface area contributed by atoms with Gasteiger partial charge in [-0.1, -0.05) is 17.3 Å². The lowest BCUT2D eigenvalue weighted by Crippen LogP contribution is -2.21. The van der Waals surface area contributed by atoms with Gasteiger partial charge >= 0.3 is 5.97 Å². The number of rotatable bonds is 7. The first-order valence-electron chi connectivity index (χ1n) is 9.08. The molecule has 1 N–H and O–H groups in total. The molecule has 3 aromatic rings. The summed E-state index contributed by atoms with van der Waals surface area (Å²) < 4.78 is 16.0. The Morgan fingerprint density at radius 3 is 2.53 bits per heavy atom. The Kier molecular flexibility index (Phi) is 6.45. The molecule has 8 heteroatoms. The molecule has 0 spiro atoms. The maximum atomic E-state index is 12.5. The first kappa shape index (κ1) is 20.6. The number of carbonyl (C=O) groups excluding carboxylic acids is 2. The lowest BCUT2D eigenvalue weighted by Gasteiger charge is -2.11. The third-order valence-corrected chi connectivity index (χ3v) is 4.29. The maximum absolute atomic E-state index is 12.5. The van der Waals surface area contributed by atoms with Gasteiger partial charge in [-0.05, 0) is 50.2 Å². The van der Waals surface area contributed by atoms with E-state index in [0.717, 1.165) is 5.56 Å². The van der Waals surface area contributed by atoms with Gasteiger partial charge < -0.3 is 19.3 Å². The highest BCUT2D eigenvalue weighted by atomic mass is 16.5. The largest absolute Gasteiger partial charge is 0.488 e. The summed E-state index contributed by atoms with van der Waals surface area (Å²) in [5.74, 6) is -0.205. The minimum atomic E-state index is -0.681. The van der Waals surface area contributed by atoms with E-state index in [-0.39, 0.29) is 12.2 Å². The van der Waals surface area contributed by atoms with Crippen molar-refractivity contribution in [2.75, 3.05) is 11.9 Å². The zero-order chi connectivity index (χ0) is 21.5. The fourth-order valence-corrected chi connectivity index (χ4v) is 2.65. The zero-order valence-electron chi connectivity index (χ0n) is 16.5. The Balaban J connectivity index is 1.58. The number of hydrogen-bond donors (Lipinski definition) is 1. The number of nitrogens with one attached hydrogen (secondary N) is 1. The van der Waals surface area contributed by atoms with Crippen LogP contribution >= 0.6 is 0 Å². The molecule has 30 heavy (non-hydrogen) atoms. The average molecular weight is 405 g/mol. The van der Waals surface area contributed by atoms with Gasteiger partial charge in [-0.25, -0.2) is 4.79 Å². The summed E-state index contributed by atoms with van der Waals surface area (Å²) >= 11 is 0. The highest BCUT2D eigenvalue weighted by Gasteiger charge is 2.17. The van der Waals surface area contributed by atoms with Crippen molar-refractivity contribution in [3.05, 3.63) is 76.7 Å². The number of ether oxygens (including phenoxy) is 2. The minimum absolute atomic E-state index is 0.185. The van der Waals surface area contributed by atoms with Crippen LogP contribution in [0.5, 0.6) is 5.75 Å². The second kappa shape index (κ2) is 9.39. The summed E-state index contributed by atoms with van der Waals surface area (Å²) in [5.41, 5.74) is 2.70. The quantitative estimate of drug-likeness (QED) is 0.598. The average Bonchev–Trinajstić information content (AvgIpc) is 3.08. The first-order valence-corrected chi connectivity index (χ1v) is 9.08. The van der Waals surface area contributed by atoms with Crippen molar-refractivity contribution in [1.29, 1.82) is 5.26 Å². The van der Waals surface area contributed by atoms with Gasteiger partial charge in [0.2, 0.25) is 0 Å². The second-order valence-corrected chi connectivity index (χ2v) is 6.40. The van der Waals surface area contributed by atoms with Crippen LogP contribution in [0.4, 0.5) is 5.69 Å². The number of aromatic nitrogens is 1. The fraction of sp³-hybridized carbons (Fsp3) is 0.182. The molecule has 0 radical (unpaired) electrons. The molecule has 152 valence electrons. The highest BCUT2D eigenvalue weighted by Crippen LogP contribution is 2.22. The highest BCUT2D eigenvalue weighted by molar-refractivity contribution is 5.96. The van der Waals surface area contributed by atoms with Crippen molar-refractivity contribution >= 4 is 17.6 Å². The molecular formula is C22H19N3O5. The molecule has 0 saturated carbocycles. The van der Waals surface area contributed by atoms with Crippen LogP contribution in [0.1, 0.15) is 32.9 Å². The predicted molar refractivity (Wildman–Crippen MR) is 107 cm³/mol. The first-order chi connectivity index (χ1) is 14.5. The Morgan fingerprint density at radius 2 is 1.87 bits per heavy atom. The third kappa shape index (κ3) is 5.02. The summed E-state index contributed by atoms with van der Waals surface area (Å²) in [6.45, 7) is 3.31. The SMILES string of the molecule is Cc1noc(C)c1COc1ccccc1C(=O)OCC(=O)Nc1ccc(C#N)cc1. The summed E-state index contributed by atoms with van der Waals surface area (Å²) in [4.78, 5) is 24.5. The molecule has 2 aromatic carbocycles. The van der Waals surface area contributed by atoms with Gasteiger partial charge in [-0.3, -0.25) is 4.79 Å². The smallest absolute Gasteiger partial charge is 0.342 e. The van der Waals surface area contributed by atoms with Crippen molar-refractivity contribution in [3.8, 4) is 11.8 Å². The van der Waals surface area contributed by atoms with Crippen LogP contribution in [0.25, 0.3) is 0 Å². The van der Waals surface area contributed by atoms with E-state index in [1.165, 1.54) is 0 Å². The van der Waals surface area contributed by atoms with Crippen LogP contribution < -0.4 is 10.1 Å². The monoisotopic (exact) mass is 405 g/mol. The number of nitrogens with zero attached hydrogens (tertiary/aromatic N) is 2. The van der Waals surface area contributed by atoms with Gasteiger partial charge in [-0.15, -0.1) is 0 Å². The Morgan fingerprint density at radius 1 is 1.13 bits per heavy atom. The number of carbonyl (C=O) groups is 2. The molecule has 1 heterocycles. The summed E-state index contributed by atoms with van der Waals surface area (Å²) in [7, 11) is 0. The van der Waals surface area contributed by atoms with E-state index >= 15 is 0 Å². The van der Waals surface area contributed by atoms with Crippen LogP contribution in [0.15, 0.2) is 53.1 Å². The number of aryl methyl sites for hydroxylation is 2. The van der Waals surface area contributed by atoms with E-state index in [2.05, 4.69) is 10.5 Å². The van der Waals surface area contributed by atoms with Gasteiger partial charge in [0, 0.05) is 5.69 Å². The standard InChI is InChI=1S/C22H19N3O5/c1-14-19(15(2)30-25-14)12-28-20-6-4-3-5-18(20)22(27)29-13-21(26)24-17-9-7-16(11-23)8-10-17/h3-10H,12-13H2,1-2H3,(H,24,26). The van der Waals surface area contributed by atoms with E-state index in [1.54, 1.807) is 55.5 Å². The van der Waals surface area contributed by atoms with Crippen molar-refractivity contribution in [2.45, 2.75) is 20.5 Å². The van der Waals surface area contributed by atoms with E-state index in [0.29, 0.717) is 28.5 Å². The Bertz CT molecular complexity index is 1080. The van der Waals surface area contributed by atoms with Crippen LogP contribution in [0, 0.1) is 25.2 Å². The molecule has 0 bridgehead atoms. The van der Waals surface area contributed by atoms with Gasteiger partial charge in [-0.2, -0.15) is 5.26 Å². The maximum Gasteiger partial charge on any atom is 0.342 e. The van der Waals surface area contributed by atoms with E-state index in [9.17, 15) is 9.59 Å². The van der Waals surface area contributed by atoms with Crippen molar-refractivity contribution in [3.63, 3.8) is 0 Å². The van der Waals surface area contributed by atoms with Crippen LogP contribution in [0.3, 0.4) is 0 Å². The van der Waals surface area contributed by atoms with Crippen LogP contribution in [0.2, 0.25) is 0 Å². The van der Waals surface area contributed by atoms with Crippen LogP contribution in [-0.2, 0) is 16.1 Å². The number of esters is 1. The molecule has 0 unspecified atom stereocenters. The van der Waals surface area contributed by atoms with Crippen molar-refractivity contribution in [2.24, 2.45) is 0 Å². The minimum Gasteiger partial charge on any atom is -0.488 e. The lowest BCUT2D eigenvalue weighted by molar-refractivity contribution is -0.119. The summed E-state index contributed by atoms with van der Waals surface area (Å²) in [6.07, 6.45) is 0. The predicted octanol–water partition coefficient (Wildman–Crippen LogP) is 3.54. The number of nitriles is 1. The van der Waals surface area contributed by atoms with E-state index < -0.39 is 18.5 Å². The molecule has 1 aromatic heterocycles. The van der Waals surface area contributed by atoms with Crippen LogP contribution in [-0.4, -0.2) is 23.6 Å². The fourth-order valence-electron chi connectivity index (χ4n) is 2.65. The molecule has 0 fully saturated rings. The zero-order valence-corrected chi connectivity index (χ0v) is 16.5. The van der Waals surface area contributed by atoms with Gasteiger partial charge in [0.05, 0.1) is 22.9 Å². The number of para-hydroxylation sites is 1. The molecule has 1 amide bonds. The van der Waals surface area contributed by atoms with Gasteiger partial charge in [0.25, 0.3) is 5.91 Å². The number of benzene rings is 2. The Labute approximate surface area is 173 Å². The number of hydrogen-bond acceptors (Lipinski definition) is 7. The number of anilines is 1. The van der Waals surface area contributed by atoms with Gasteiger partial charge in [0.15, 0.2) is 6.61 Å². The van der Waals surface area contributed by atoms with E-state index in [1.807, 2.05) is 13.0 Å². The molecule has 3 rings (SSSR count). The Hall–Kier alpha value is -4.12. The summed E-state index contributed by atoms with van der Waals surface area (Å²) in [5, 5.41) is 15.3. The molecule has 0 aliphatic rings. The van der Waals surface area contributed by atoms with E-state index in [4.69, 9.17) is 19.3 Å². The molecule has 8 nitrogen and oxygen atoms in total. The molecule has 0 aliphatic carbocycles. The molecule has 0 aliphatic heterocycles. The molecule has 0 atom stereocenters. The number of amides is 1. The molecule has 0 saturated heterocycles. The lowest BCUT2D eigenvalue weighted by atomic mass is 10.2. The van der Waals surface area contributed by atoms with Crippen molar-refractivity contribution < 1.29 is 23.6 Å². The normalized spacial score (nSPS) is 10.2. The summed E-state index contributed by atoms with van der Waals surface area (Å²) in [6, 6.07) is 14.9. The molecular weight excluding hydrogens is 386 g/mol.